The molecule has 20 heavy (non-hydrogen) atoms. The molecule has 3 nitrogen and oxygen atoms in total. The number of aliphatic hydroxyl groups is 1. The van der Waals surface area contributed by atoms with Crippen molar-refractivity contribution in [2.45, 2.75) is 49.9 Å². The summed E-state index contributed by atoms with van der Waals surface area (Å²) in [5.74, 6) is 0. The van der Waals surface area contributed by atoms with Gasteiger partial charge >= 0.3 is 0 Å². The number of ether oxygens (including phenoxy) is 2. The first-order valence-electron chi connectivity index (χ1n) is 7.78. The average Bonchev–Trinajstić information content (AvgIpc) is 3.01. The van der Waals surface area contributed by atoms with Crippen LogP contribution in [-0.2, 0) is 9.47 Å². The van der Waals surface area contributed by atoms with Gasteiger partial charge in [-0.3, -0.25) is 0 Å². The van der Waals surface area contributed by atoms with Crippen molar-refractivity contribution >= 4 is 0 Å². The molecule has 1 N–H and O–H groups in total. The van der Waals surface area contributed by atoms with Crippen molar-refractivity contribution in [2.75, 3.05) is 13.2 Å². The van der Waals surface area contributed by atoms with Gasteiger partial charge in [0, 0.05) is 12.0 Å². The Morgan fingerprint density at radius 3 is 2.70 bits per heavy atom. The second kappa shape index (κ2) is 4.55. The third-order valence-corrected chi connectivity index (χ3v) is 5.76. The van der Waals surface area contributed by atoms with Crippen LogP contribution in [0.4, 0.5) is 0 Å². The van der Waals surface area contributed by atoms with E-state index in [2.05, 4.69) is 24.3 Å². The maximum absolute atomic E-state index is 9.80. The smallest absolute Gasteiger partial charge is 0.111 e. The van der Waals surface area contributed by atoms with Crippen molar-refractivity contribution in [3.63, 3.8) is 0 Å². The Labute approximate surface area is 119 Å². The van der Waals surface area contributed by atoms with Crippen LogP contribution in [-0.4, -0.2) is 30.0 Å². The molecule has 0 amide bonds. The number of rotatable bonds is 2. The van der Waals surface area contributed by atoms with Crippen LogP contribution >= 0.6 is 0 Å². The summed E-state index contributed by atoms with van der Waals surface area (Å²) in [5.41, 5.74) is 1.06. The van der Waals surface area contributed by atoms with Gasteiger partial charge in [-0.05, 0) is 24.8 Å². The van der Waals surface area contributed by atoms with E-state index in [-0.39, 0.29) is 29.8 Å². The standard InChI is InChI=1S/C17H22O3/c18-12-14-17-9-5-4-8-16(17,10-11-19-17)15(20-14)13-6-2-1-3-7-13/h1-3,6-7,14-15,18H,4-5,8-12H2/t14-,15+,16-,17+/m1/s1. The summed E-state index contributed by atoms with van der Waals surface area (Å²) >= 11 is 0. The van der Waals surface area contributed by atoms with Crippen molar-refractivity contribution in [1.29, 1.82) is 0 Å². The van der Waals surface area contributed by atoms with Crippen molar-refractivity contribution in [3.8, 4) is 0 Å². The molecule has 3 aliphatic rings. The summed E-state index contributed by atoms with van der Waals surface area (Å²) in [6.07, 6.45) is 5.58. The predicted octanol–water partition coefficient (Wildman–Crippen LogP) is 2.84. The Morgan fingerprint density at radius 2 is 1.90 bits per heavy atom. The molecule has 1 saturated carbocycles. The van der Waals surface area contributed by atoms with Gasteiger partial charge in [0.15, 0.2) is 0 Å². The van der Waals surface area contributed by atoms with E-state index in [0.29, 0.717) is 0 Å². The van der Waals surface area contributed by atoms with Crippen LogP contribution in [0.15, 0.2) is 30.3 Å². The number of hydrogen-bond donors (Lipinski definition) is 1. The van der Waals surface area contributed by atoms with E-state index in [4.69, 9.17) is 9.47 Å². The van der Waals surface area contributed by atoms with Gasteiger partial charge in [-0.15, -0.1) is 0 Å². The van der Waals surface area contributed by atoms with Crippen LogP contribution in [0.2, 0.25) is 0 Å². The number of hydrogen-bond acceptors (Lipinski definition) is 3. The minimum Gasteiger partial charge on any atom is -0.394 e. The lowest BCUT2D eigenvalue weighted by Gasteiger charge is -2.45. The van der Waals surface area contributed by atoms with Gasteiger partial charge in [0.25, 0.3) is 0 Å². The van der Waals surface area contributed by atoms with E-state index < -0.39 is 0 Å². The second-order valence-corrected chi connectivity index (χ2v) is 6.45. The molecule has 0 unspecified atom stereocenters. The Kier molecular flexibility index (Phi) is 2.92. The van der Waals surface area contributed by atoms with Crippen LogP contribution < -0.4 is 0 Å². The van der Waals surface area contributed by atoms with E-state index in [0.717, 1.165) is 25.9 Å². The summed E-state index contributed by atoms with van der Waals surface area (Å²) in [5, 5.41) is 9.80. The third-order valence-electron chi connectivity index (χ3n) is 5.76. The third kappa shape index (κ3) is 1.46. The Morgan fingerprint density at radius 1 is 1.10 bits per heavy atom. The SMILES string of the molecule is OC[C@H]1O[C@@H](c2ccccc2)[C@]23CCCC[C@]12OCC3. The molecule has 2 heterocycles. The van der Waals surface area contributed by atoms with E-state index in [1.807, 2.05) is 6.07 Å². The molecule has 0 radical (unpaired) electrons. The van der Waals surface area contributed by atoms with Crippen LogP contribution in [0.5, 0.6) is 0 Å². The Balaban J connectivity index is 1.82. The average molecular weight is 274 g/mol. The topological polar surface area (TPSA) is 38.7 Å². The molecule has 2 saturated heterocycles. The predicted molar refractivity (Wildman–Crippen MR) is 75.3 cm³/mol. The first-order valence-corrected chi connectivity index (χ1v) is 7.78. The van der Waals surface area contributed by atoms with Gasteiger partial charge in [0.05, 0.1) is 12.7 Å². The zero-order valence-corrected chi connectivity index (χ0v) is 11.8. The molecule has 4 rings (SSSR count). The fourth-order valence-corrected chi connectivity index (χ4v) is 4.94. The molecule has 3 heteroatoms. The Bertz CT molecular complexity index is 488. The molecule has 1 aliphatic carbocycles. The summed E-state index contributed by atoms with van der Waals surface area (Å²) in [6.45, 7) is 0.869. The molecular formula is C17H22O3. The first-order chi connectivity index (χ1) is 9.82. The fraction of sp³-hybridized carbons (Fsp3) is 0.647. The van der Waals surface area contributed by atoms with Crippen molar-refractivity contribution < 1.29 is 14.6 Å². The Hall–Kier alpha value is -0.900. The maximum atomic E-state index is 9.80. The first kappa shape index (κ1) is 12.8. The highest BCUT2D eigenvalue weighted by Gasteiger charge is 2.70. The summed E-state index contributed by atoms with van der Waals surface area (Å²) in [7, 11) is 0. The molecule has 108 valence electrons. The zero-order chi connectivity index (χ0) is 13.6. The molecule has 1 aromatic carbocycles. The lowest BCUT2D eigenvalue weighted by molar-refractivity contribution is -0.115. The van der Waals surface area contributed by atoms with Gasteiger partial charge in [-0.2, -0.15) is 0 Å². The van der Waals surface area contributed by atoms with Crippen LogP contribution in [0.1, 0.15) is 43.8 Å². The second-order valence-electron chi connectivity index (χ2n) is 6.45. The van der Waals surface area contributed by atoms with Gasteiger partial charge in [0.1, 0.15) is 11.7 Å². The minimum atomic E-state index is -0.249. The van der Waals surface area contributed by atoms with Crippen LogP contribution in [0.3, 0.4) is 0 Å². The molecule has 0 bridgehead atoms. The van der Waals surface area contributed by atoms with E-state index >= 15 is 0 Å². The van der Waals surface area contributed by atoms with E-state index in [9.17, 15) is 5.11 Å². The lowest BCUT2D eigenvalue weighted by Crippen LogP contribution is -2.52. The number of aliphatic hydroxyl groups excluding tert-OH is 1. The van der Waals surface area contributed by atoms with E-state index in [1.54, 1.807) is 0 Å². The van der Waals surface area contributed by atoms with E-state index in [1.165, 1.54) is 18.4 Å². The van der Waals surface area contributed by atoms with Crippen LogP contribution in [0.25, 0.3) is 0 Å². The molecule has 1 aromatic rings. The minimum absolute atomic E-state index is 0.0606. The number of benzene rings is 1. The van der Waals surface area contributed by atoms with Crippen molar-refractivity contribution in [2.24, 2.45) is 5.41 Å². The highest BCUT2D eigenvalue weighted by Crippen LogP contribution is 2.66. The highest BCUT2D eigenvalue weighted by molar-refractivity contribution is 5.28. The molecular weight excluding hydrogens is 252 g/mol. The van der Waals surface area contributed by atoms with Crippen molar-refractivity contribution in [3.05, 3.63) is 35.9 Å². The fourth-order valence-electron chi connectivity index (χ4n) is 4.94. The lowest BCUT2D eigenvalue weighted by atomic mass is 9.59. The molecule has 3 fully saturated rings. The van der Waals surface area contributed by atoms with Crippen LogP contribution in [0, 0.1) is 5.41 Å². The maximum Gasteiger partial charge on any atom is 0.111 e. The zero-order valence-electron chi connectivity index (χ0n) is 11.8. The molecule has 0 spiro atoms. The molecule has 4 atom stereocenters. The summed E-state index contributed by atoms with van der Waals surface area (Å²) < 4.78 is 12.5. The largest absolute Gasteiger partial charge is 0.394 e. The van der Waals surface area contributed by atoms with Gasteiger partial charge in [-0.25, -0.2) is 0 Å². The van der Waals surface area contributed by atoms with Gasteiger partial charge in [-0.1, -0.05) is 43.2 Å². The highest BCUT2D eigenvalue weighted by atomic mass is 16.6. The summed E-state index contributed by atoms with van der Waals surface area (Å²) in [6, 6.07) is 10.5. The molecule has 0 aromatic heterocycles. The van der Waals surface area contributed by atoms with Crippen molar-refractivity contribution in [1.82, 2.24) is 0 Å². The quantitative estimate of drug-likeness (QED) is 0.901. The van der Waals surface area contributed by atoms with Gasteiger partial charge < -0.3 is 14.6 Å². The normalized spacial score (nSPS) is 43.2. The summed E-state index contributed by atoms with van der Waals surface area (Å²) in [4.78, 5) is 0. The monoisotopic (exact) mass is 274 g/mol. The molecule has 2 aliphatic heterocycles. The van der Waals surface area contributed by atoms with Gasteiger partial charge in [0.2, 0.25) is 0 Å².